The van der Waals surface area contributed by atoms with Gasteiger partial charge in [-0.15, -0.1) is 0 Å². The molecule has 0 saturated carbocycles. The topological polar surface area (TPSA) is 107 Å². The lowest BCUT2D eigenvalue weighted by molar-refractivity contribution is 0.108. The number of piperazine rings is 1. The van der Waals surface area contributed by atoms with Gasteiger partial charge in [-0.05, 0) is 104 Å². The van der Waals surface area contributed by atoms with Crippen LogP contribution in [0.15, 0.2) is 72.8 Å². The van der Waals surface area contributed by atoms with Crippen LogP contribution in [0.25, 0.3) is 32.8 Å². The summed E-state index contributed by atoms with van der Waals surface area (Å²) >= 11 is 0. The summed E-state index contributed by atoms with van der Waals surface area (Å²) in [6.07, 6.45) is 7.01. The first kappa shape index (κ1) is 29.2. The standard InChI is InChI=1S/C39H38N6O3/c40-21-26-8-2-4-10-35(26)48-36-20-33-34(19-32(36)31-18-29(46)17-25-7-1-3-9-30(25)31)42-38(47-24-39-13-5-15-45(39)16-6-14-39)43-37(33)44-22-27-11-12-28(23-44)41-27/h1-4,7-10,17-20,27-28,41,46H,5-6,11-16,22-24H2/t27-,28+. The second-order valence-corrected chi connectivity index (χ2v) is 13.9. The molecule has 2 N–H and O–H groups in total. The molecule has 5 aromatic rings. The van der Waals surface area contributed by atoms with Gasteiger partial charge in [-0.2, -0.15) is 15.2 Å². The normalized spacial score (nSPS) is 21.4. The molecule has 0 amide bonds. The second-order valence-electron chi connectivity index (χ2n) is 13.9. The van der Waals surface area contributed by atoms with Crippen molar-refractivity contribution in [1.29, 1.82) is 5.26 Å². The third-order valence-corrected chi connectivity index (χ3v) is 10.9. The van der Waals surface area contributed by atoms with Crippen LogP contribution in [0, 0.1) is 11.3 Å². The summed E-state index contributed by atoms with van der Waals surface area (Å²) < 4.78 is 13.2. The number of anilines is 1. The highest BCUT2D eigenvalue weighted by Gasteiger charge is 2.45. The molecule has 0 aliphatic carbocycles. The van der Waals surface area contributed by atoms with Gasteiger partial charge in [-0.25, -0.2) is 0 Å². The number of aromatic nitrogens is 2. The fraction of sp³-hybridized carbons (Fsp3) is 0.359. The van der Waals surface area contributed by atoms with Crippen molar-refractivity contribution in [2.75, 3.05) is 37.7 Å². The minimum Gasteiger partial charge on any atom is -0.508 e. The number of ether oxygens (including phenoxy) is 2. The van der Waals surface area contributed by atoms with Crippen LogP contribution in [0.4, 0.5) is 5.82 Å². The van der Waals surface area contributed by atoms with Crippen molar-refractivity contribution in [2.45, 2.75) is 56.1 Å². The Morgan fingerprint density at radius 1 is 0.875 bits per heavy atom. The highest BCUT2D eigenvalue weighted by Crippen LogP contribution is 2.44. The number of phenolic OH excluding ortho intramolecular Hbond substituents is 1. The third-order valence-electron chi connectivity index (χ3n) is 10.9. The largest absolute Gasteiger partial charge is 0.508 e. The number of aromatic hydroxyl groups is 1. The van der Waals surface area contributed by atoms with Crippen LogP contribution < -0.4 is 19.7 Å². The Balaban J connectivity index is 1.23. The van der Waals surface area contributed by atoms with Crippen molar-refractivity contribution in [2.24, 2.45) is 0 Å². The average molecular weight is 639 g/mol. The molecule has 48 heavy (non-hydrogen) atoms. The van der Waals surface area contributed by atoms with Gasteiger partial charge in [0.05, 0.1) is 16.6 Å². The SMILES string of the molecule is N#Cc1ccccc1Oc1cc2c(N3C[C@H]4CC[C@@H](C3)N4)nc(OCC34CCCN3CCC4)nc2cc1-c1cc(O)cc2ccccc12. The minimum atomic E-state index is 0.0735. The first-order valence-corrected chi connectivity index (χ1v) is 17.2. The molecule has 2 atom stereocenters. The smallest absolute Gasteiger partial charge is 0.319 e. The summed E-state index contributed by atoms with van der Waals surface area (Å²) in [5, 5.41) is 27.3. The minimum absolute atomic E-state index is 0.0735. The summed E-state index contributed by atoms with van der Waals surface area (Å²) in [5.41, 5.74) is 2.83. The van der Waals surface area contributed by atoms with E-state index in [9.17, 15) is 10.4 Å². The van der Waals surface area contributed by atoms with Crippen molar-refractivity contribution < 1.29 is 14.6 Å². The van der Waals surface area contributed by atoms with Gasteiger partial charge < -0.3 is 24.8 Å². The van der Waals surface area contributed by atoms with Gasteiger partial charge in [0.2, 0.25) is 0 Å². The summed E-state index contributed by atoms with van der Waals surface area (Å²) in [6, 6.07) is 26.3. The van der Waals surface area contributed by atoms with Crippen LogP contribution in [0.1, 0.15) is 44.1 Å². The van der Waals surface area contributed by atoms with E-state index in [1.807, 2.05) is 54.6 Å². The van der Waals surface area contributed by atoms with E-state index in [1.54, 1.807) is 18.2 Å². The molecule has 4 saturated heterocycles. The van der Waals surface area contributed by atoms with Gasteiger partial charge in [-0.3, -0.25) is 4.90 Å². The highest BCUT2D eigenvalue weighted by atomic mass is 16.5. The molecule has 9 nitrogen and oxygen atoms in total. The number of hydrogen-bond acceptors (Lipinski definition) is 9. The van der Waals surface area contributed by atoms with Crippen molar-refractivity contribution in [1.82, 2.24) is 20.2 Å². The van der Waals surface area contributed by atoms with E-state index in [1.165, 1.54) is 12.8 Å². The Labute approximate surface area is 279 Å². The maximum atomic E-state index is 10.9. The van der Waals surface area contributed by atoms with Crippen LogP contribution in [-0.4, -0.2) is 70.4 Å². The van der Waals surface area contributed by atoms with Crippen LogP contribution in [0.5, 0.6) is 23.3 Å². The monoisotopic (exact) mass is 638 g/mol. The molecule has 0 unspecified atom stereocenters. The molecule has 4 aliphatic heterocycles. The molecule has 0 radical (unpaired) electrons. The molecule has 9 rings (SSSR count). The zero-order chi connectivity index (χ0) is 32.2. The fourth-order valence-electron chi connectivity index (χ4n) is 8.63. The molecule has 4 fully saturated rings. The van der Waals surface area contributed by atoms with E-state index in [-0.39, 0.29) is 11.3 Å². The second kappa shape index (κ2) is 11.7. The number of nitrogens with zero attached hydrogens (tertiary/aromatic N) is 5. The summed E-state index contributed by atoms with van der Waals surface area (Å²) in [7, 11) is 0. The molecular formula is C39H38N6O3. The maximum Gasteiger partial charge on any atom is 0.319 e. The lowest BCUT2D eigenvalue weighted by atomic mass is 9.95. The number of phenols is 1. The number of nitriles is 1. The first-order chi connectivity index (χ1) is 23.5. The molecule has 4 aromatic carbocycles. The van der Waals surface area contributed by atoms with E-state index < -0.39 is 0 Å². The first-order valence-electron chi connectivity index (χ1n) is 17.2. The Bertz CT molecular complexity index is 2070. The van der Waals surface area contributed by atoms with Crippen LogP contribution in [-0.2, 0) is 0 Å². The summed E-state index contributed by atoms with van der Waals surface area (Å²) in [5.74, 6) is 2.02. The molecule has 4 aliphatic rings. The Morgan fingerprint density at radius 2 is 1.65 bits per heavy atom. The Kier molecular flexibility index (Phi) is 7.10. The highest BCUT2D eigenvalue weighted by molar-refractivity contribution is 6.03. The van der Waals surface area contributed by atoms with Gasteiger partial charge in [0, 0.05) is 36.1 Å². The molecule has 2 bridgehead atoms. The van der Waals surface area contributed by atoms with Crippen molar-refractivity contribution in [3.05, 3.63) is 78.4 Å². The zero-order valence-corrected chi connectivity index (χ0v) is 26.9. The number of rotatable bonds is 7. The summed E-state index contributed by atoms with van der Waals surface area (Å²) in [4.78, 5) is 15.2. The zero-order valence-electron chi connectivity index (χ0n) is 26.9. The molecular weight excluding hydrogens is 600 g/mol. The fourth-order valence-corrected chi connectivity index (χ4v) is 8.63. The van der Waals surface area contributed by atoms with Crippen molar-refractivity contribution in [3.63, 3.8) is 0 Å². The predicted molar refractivity (Wildman–Crippen MR) is 186 cm³/mol. The molecule has 5 heterocycles. The number of nitrogens with one attached hydrogen (secondary N) is 1. The van der Waals surface area contributed by atoms with E-state index in [4.69, 9.17) is 19.4 Å². The lowest BCUT2D eigenvalue weighted by Crippen LogP contribution is -2.51. The number of hydrogen-bond donors (Lipinski definition) is 2. The molecule has 1 aromatic heterocycles. The van der Waals surface area contributed by atoms with Gasteiger partial charge in [0.15, 0.2) is 0 Å². The number of benzene rings is 4. The molecule has 9 heteroatoms. The van der Waals surface area contributed by atoms with Gasteiger partial charge in [0.1, 0.15) is 35.7 Å². The van der Waals surface area contributed by atoms with Crippen molar-refractivity contribution >= 4 is 27.5 Å². The average Bonchev–Trinajstić information content (AvgIpc) is 3.80. The van der Waals surface area contributed by atoms with Gasteiger partial charge >= 0.3 is 6.01 Å². The van der Waals surface area contributed by atoms with Gasteiger partial charge in [-0.1, -0.05) is 36.4 Å². The lowest BCUT2D eigenvalue weighted by Gasteiger charge is -2.35. The number of para-hydroxylation sites is 1. The van der Waals surface area contributed by atoms with Gasteiger partial charge in [0.25, 0.3) is 0 Å². The van der Waals surface area contributed by atoms with Crippen LogP contribution >= 0.6 is 0 Å². The third kappa shape index (κ3) is 5.07. The predicted octanol–water partition coefficient (Wildman–Crippen LogP) is 6.77. The van der Waals surface area contributed by atoms with Crippen LogP contribution in [0.3, 0.4) is 0 Å². The van der Waals surface area contributed by atoms with E-state index in [0.717, 1.165) is 90.5 Å². The van der Waals surface area contributed by atoms with Crippen molar-refractivity contribution in [3.8, 4) is 40.5 Å². The van der Waals surface area contributed by atoms with Crippen LogP contribution in [0.2, 0.25) is 0 Å². The number of fused-ring (bicyclic) bond motifs is 5. The van der Waals surface area contributed by atoms with E-state index in [2.05, 4.69) is 21.2 Å². The summed E-state index contributed by atoms with van der Waals surface area (Å²) in [6.45, 7) is 4.56. The maximum absolute atomic E-state index is 10.9. The molecule has 0 spiro atoms. The Morgan fingerprint density at radius 3 is 2.46 bits per heavy atom. The molecule has 242 valence electrons. The van der Waals surface area contributed by atoms with E-state index in [0.29, 0.717) is 41.8 Å². The quantitative estimate of drug-likeness (QED) is 0.200. The van der Waals surface area contributed by atoms with E-state index >= 15 is 0 Å². The Hall–Kier alpha value is -4.91.